The monoisotopic (exact) mass is 340 g/mol. The topological polar surface area (TPSA) is 79.5 Å². The van der Waals surface area contributed by atoms with E-state index in [1.165, 1.54) is 9.13 Å². The molecule has 0 N–H and O–H groups in total. The maximum Gasteiger partial charge on any atom is 0.348 e. The maximum absolute atomic E-state index is 12.6. The van der Waals surface area contributed by atoms with Crippen molar-refractivity contribution in [2.24, 2.45) is 0 Å². The largest absolute Gasteiger partial charge is 0.462 e. The van der Waals surface area contributed by atoms with Crippen molar-refractivity contribution in [2.75, 3.05) is 20.3 Å². The lowest BCUT2D eigenvalue weighted by Gasteiger charge is -2.10. The fraction of sp³-hybridized carbons (Fsp3) is 0.533. The minimum absolute atomic E-state index is 0.252. The molecule has 23 heavy (non-hydrogen) atoms. The molecule has 7 nitrogen and oxygen atoms in total. The normalized spacial score (nSPS) is 11.1. The van der Waals surface area contributed by atoms with Crippen molar-refractivity contribution in [1.29, 1.82) is 0 Å². The number of hydrogen-bond donors (Lipinski definition) is 0. The van der Waals surface area contributed by atoms with Gasteiger partial charge in [-0.3, -0.25) is 13.9 Å². The van der Waals surface area contributed by atoms with Crippen molar-refractivity contribution < 1.29 is 14.3 Å². The van der Waals surface area contributed by atoms with E-state index in [2.05, 4.69) is 0 Å². The molecule has 0 spiro atoms. The van der Waals surface area contributed by atoms with Gasteiger partial charge >= 0.3 is 11.7 Å². The summed E-state index contributed by atoms with van der Waals surface area (Å²) in [6, 6.07) is 0. The fourth-order valence-electron chi connectivity index (χ4n) is 2.44. The third-order valence-corrected chi connectivity index (χ3v) is 4.89. The van der Waals surface area contributed by atoms with Crippen molar-refractivity contribution in [3.05, 3.63) is 31.3 Å². The number of ether oxygens (including phenoxy) is 2. The predicted octanol–water partition coefficient (Wildman–Crippen LogP) is 1.38. The van der Waals surface area contributed by atoms with E-state index in [0.717, 1.165) is 11.3 Å². The zero-order valence-corrected chi connectivity index (χ0v) is 14.5. The lowest BCUT2D eigenvalue weighted by molar-refractivity contribution is 0.0531. The molecule has 0 aliphatic carbocycles. The van der Waals surface area contributed by atoms with Crippen LogP contribution in [0.25, 0.3) is 10.2 Å². The van der Waals surface area contributed by atoms with Crippen molar-refractivity contribution >= 4 is 27.5 Å². The van der Waals surface area contributed by atoms with Crippen molar-refractivity contribution in [3.63, 3.8) is 0 Å². The first kappa shape index (κ1) is 17.4. The molecule has 126 valence electrons. The second-order valence-corrected chi connectivity index (χ2v) is 5.93. The van der Waals surface area contributed by atoms with Gasteiger partial charge < -0.3 is 9.47 Å². The standard InChI is InChI=1S/C15H20N2O5S/c1-5-16-12(18)10-9(3)11(14(19)22-6-2)23-13(10)17(15(16)20)7-8-21-4/h5-8H2,1-4H3. The number of esters is 1. The number of aryl methyl sites for hydroxylation is 1. The summed E-state index contributed by atoms with van der Waals surface area (Å²) >= 11 is 1.12. The lowest BCUT2D eigenvalue weighted by atomic mass is 10.2. The maximum atomic E-state index is 12.6. The Bertz CT molecular complexity index is 846. The van der Waals surface area contributed by atoms with Crippen molar-refractivity contribution in [3.8, 4) is 0 Å². The van der Waals surface area contributed by atoms with Gasteiger partial charge in [-0.2, -0.15) is 0 Å². The van der Waals surface area contributed by atoms with Crippen LogP contribution in [-0.2, 0) is 22.6 Å². The minimum atomic E-state index is -0.473. The number of methoxy groups -OCH3 is 1. The third-order valence-electron chi connectivity index (χ3n) is 3.59. The second kappa shape index (κ2) is 7.10. The summed E-state index contributed by atoms with van der Waals surface area (Å²) in [5.41, 5.74) is -0.203. The lowest BCUT2D eigenvalue weighted by Crippen LogP contribution is -2.39. The third kappa shape index (κ3) is 2.96. The van der Waals surface area contributed by atoms with Crippen LogP contribution in [0.2, 0.25) is 0 Å². The summed E-state index contributed by atoms with van der Waals surface area (Å²) in [7, 11) is 1.54. The summed E-state index contributed by atoms with van der Waals surface area (Å²) in [5.74, 6) is -0.473. The molecule has 0 aliphatic heterocycles. The molecule has 2 rings (SSSR count). The van der Waals surface area contributed by atoms with Gasteiger partial charge in [0.2, 0.25) is 0 Å². The zero-order chi connectivity index (χ0) is 17.1. The van der Waals surface area contributed by atoms with Crippen LogP contribution in [0.15, 0.2) is 9.59 Å². The predicted molar refractivity (Wildman–Crippen MR) is 88.6 cm³/mol. The molecule has 0 aromatic carbocycles. The second-order valence-electron chi connectivity index (χ2n) is 4.93. The Morgan fingerprint density at radius 3 is 2.48 bits per heavy atom. The fourth-order valence-corrected chi connectivity index (χ4v) is 3.66. The van der Waals surface area contributed by atoms with E-state index >= 15 is 0 Å². The van der Waals surface area contributed by atoms with E-state index in [1.54, 1.807) is 27.9 Å². The van der Waals surface area contributed by atoms with Crippen LogP contribution in [0, 0.1) is 6.92 Å². The molecule has 0 aliphatic rings. The van der Waals surface area contributed by atoms with E-state index in [1.807, 2.05) is 0 Å². The molecule has 2 aromatic rings. The van der Waals surface area contributed by atoms with E-state index in [-0.39, 0.29) is 18.7 Å². The Labute approximate surface area is 137 Å². The Morgan fingerprint density at radius 1 is 1.22 bits per heavy atom. The number of thiophene rings is 1. The van der Waals surface area contributed by atoms with Gasteiger partial charge in [0.15, 0.2) is 0 Å². The summed E-state index contributed by atoms with van der Waals surface area (Å²) in [6.07, 6.45) is 0. The van der Waals surface area contributed by atoms with Gasteiger partial charge in [0.25, 0.3) is 5.56 Å². The van der Waals surface area contributed by atoms with Gasteiger partial charge in [-0.1, -0.05) is 0 Å². The van der Waals surface area contributed by atoms with Crippen LogP contribution >= 0.6 is 11.3 Å². The molecule has 0 unspecified atom stereocenters. The Kier molecular flexibility index (Phi) is 5.38. The first-order valence-electron chi connectivity index (χ1n) is 7.40. The van der Waals surface area contributed by atoms with Gasteiger partial charge in [0.1, 0.15) is 9.71 Å². The van der Waals surface area contributed by atoms with E-state index < -0.39 is 11.7 Å². The average Bonchev–Trinajstić information content (AvgIpc) is 2.86. The van der Waals surface area contributed by atoms with Crippen molar-refractivity contribution in [2.45, 2.75) is 33.9 Å². The smallest absolute Gasteiger partial charge is 0.348 e. The van der Waals surface area contributed by atoms with Gasteiger partial charge in [-0.25, -0.2) is 9.59 Å². The molecule has 2 aromatic heterocycles. The molecule has 0 fully saturated rings. The zero-order valence-electron chi connectivity index (χ0n) is 13.7. The SMILES string of the molecule is CCOC(=O)c1sc2c(c1C)c(=O)n(CC)c(=O)n2CCOC. The number of carbonyl (C=O) groups excluding carboxylic acids is 1. The number of carbonyl (C=O) groups is 1. The molecular weight excluding hydrogens is 320 g/mol. The Morgan fingerprint density at radius 2 is 1.91 bits per heavy atom. The highest BCUT2D eigenvalue weighted by Crippen LogP contribution is 2.28. The first-order chi connectivity index (χ1) is 11.0. The Hall–Kier alpha value is -1.93. The van der Waals surface area contributed by atoms with Gasteiger partial charge in [-0.15, -0.1) is 11.3 Å². The van der Waals surface area contributed by atoms with E-state index in [9.17, 15) is 14.4 Å². The first-order valence-corrected chi connectivity index (χ1v) is 8.22. The molecule has 8 heteroatoms. The summed E-state index contributed by atoms with van der Waals surface area (Å²) in [4.78, 5) is 38.0. The number of hydrogen-bond acceptors (Lipinski definition) is 6. The number of nitrogens with zero attached hydrogens (tertiary/aromatic N) is 2. The quantitative estimate of drug-likeness (QED) is 0.742. The molecule has 2 heterocycles. The molecule has 0 saturated carbocycles. The minimum Gasteiger partial charge on any atom is -0.462 e. The highest BCUT2D eigenvalue weighted by molar-refractivity contribution is 7.20. The molecule has 0 bridgehead atoms. The van der Waals surface area contributed by atoms with Crippen LogP contribution in [0.5, 0.6) is 0 Å². The van der Waals surface area contributed by atoms with Crippen LogP contribution in [0.3, 0.4) is 0 Å². The summed E-state index contributed by atoms with van der Waals surface area (Å²) < 4.78 is 12.7. The van der Waals surface area contributed by atoms with Crippen molar-refractivity contribution in [1.82, 2.24) is 9.13 Å². The van der Waals surface area contributed by atoms with Crippen LogP contribution < -0.4 is 11.2 Å². The number of fused-ring (bicyclic) bond motifs is 1. The average molecular weight is 340 g/mol. The molecule has 0 radical (unpaired) electrons. The molecule has 0 atom stereocenters. The van der Waals surface area contributed by atoms with E-state index in [4.69, 9.17) is 9.47 Å². The Balaban J connectivity index is 2.83. The van der Waals surface area contributed by atoms with Crippen LogP contribution in [-0.4, -0.2) is 35.4 Å². The van der Waals surface area contributed by atoms with Gasteiger partial charge in [0, 0.05) is 13.7 Å². The molecular formula is C15H20N2O5S. The van der Waals surface area contributed by atoms with Gasteiger partial charge in [-0.05, 0) is 26.3 Å². The number of aromatic nitrogens is 2. The highest BCUT2D eigenvalue weighted by atomic mass is 32.1. The van der Waals surface area contributed by atoms with Crippen LogP contribution in [0.1, 0.15) is 29.1 Å². The van der Waals surface area contributed by atoms with Gasteiger partial charge in [0.05, 0.1) is 25.1 Å². The van der Waals surface area contributed by atoms with Crippen LogP contribution in [0.4, 0.5) is 0 Å². The number of rotatable bonds is 6. The molecule has 0 saturated heterocycles. The summed E-state index contributed by atoms with van der Waals surface area (Å²) in [5, 5.41) is 0.399. The van der Waals surface area contributed by atoms with E-state index in [0.29, 0.717) is 33.8 Å². The highest BCUT2D eigenvalue weighted by Gasteiger charge is 2.23. The molecule has 0 amide bonds. The summed E-state index contributed by atoms with van der Waals surface area (Å²) in [6.45, 7) is 6.34.